The van der Waals surface area contributed by atoms with Gasteiger partial charge in [0.25, 0.3) is 0 Å². The molecule has 2 aliphatic rings. The van der Waals surface area contributed by atoms with Crippen LogP contribution in [0.15, 0.2) is 60.7 Å². The molecule has 0 spiro atoms. The quantitative estimate of drug-likeness (QED) is 0.0383. The summed E-state index contributed by atoms with van der Waals surface area (Å²) in [7, 11) is 3.17. The van der Waals surface area contributed by atoms with Crippen LogP contribution in [0.3, 0.4) is 0 Å². The third-order valence-corrected chi connectivity index (χ3v) is 25.4. The van der Waals surface area contributed by atoms with Gasteiger partial charge in [0.15, 0.2) is 0 Å². The zero-order valence-corrected chi connectivity index (χ0v) is 57.6. The van der Waals surface area contributed by atoms with Gasteiger partial charge in [-0.1, -0.05) is 225 Å². The third kappa shape index (κ3) is 12.0. The molecule has 3 aromatic heterocycles. The molecule has 9 rings (SSSR count). The summed E-state index contributed by atoms with van der Waals surface area (Å²) in [5.74, 6) is 3.27. The number of hydrogen-bond acceptors (Lipinski definition) is 5. The molecule has 0 amide bonds. The summed E-state index contributed by atoms with van der Waals surface area (Å²) in [4.78, 5) is 2.95. The normalized spacial score (nSPS) is 19.6. The fourth-order valence-electron chi connectivity index (χ4n) is 16.8. The predicted molar refractivity (Wildman–Crippen MR) is 371 cm³/mol. The monoisotopic (exact) mass is 1180 g/mol. The van der Waals surface area contributed by atoms with Crippen molar-refractivity contribution in [1.29, 1.82) is 0 Å². The minimum atomic E-state index is -0.0843. The molecule has 0 aliphatic heterocycles. The van der Waals surface area contributed by atoms with Crippen molar-refractivity contribution in [2.45, 2.75) is 279 Å². The Morgan fingerprint density at radius 2 is 0.902 bits per heavy atom. The first-order valence-corrected chi connectivity index (χ1v) is 37.0. The Morgan fingerprint density at radius 1 is 0.476 bits per heavy atom. The average molecular weight is 1180 g/mol. The number of benzene rings is 4. The Balaban J connectivity index is 1.36. The topological polar surface area (TPSA) is 25.8 Å². The molecule has 0 radical (unpaired) electrons. The van der Waals surface area contributed by atoms with Crippen LogP contribution < -0.4 is 0 Å². The zero-order valence-electron chi connectivity index (χ0n) is 54.0. The lowest BCUT2D eigenvalue weighted by Gasteiger charge is -2.40. The minimum Gasteiger partial charge on any atom is -0.173 e. The molecule has 3 heterocycles. The van der Waals surface area contributed by atoms with Gasteiger partial charge in [-0.25, -0.2) is 0 Å². The maximum Gasteiger partial charge on any atom is 0.113 e. The van der Waals surface area contributed by atoms with Gasteiger partial charge in [-0.3, -0.25) is 0 Å². The van der Waals surface area contributed by atoms with Crippen LogP contribution in [-0.4, -0.2) is 8.75 Å². The van der Waals surface area contributed by atoms with Crippen LogP contribution in [-0.2, 0) is 21.4 Å². The predicted octanol–water partition coefficient (Wildman–Crippen LogP) is 25.7. The first-order valence-electron chi connectivity index (χ1n) is 34.0. The van der Waals surface area contributed by atoms with E-state index in [-0.39, 0.29) is 21.4 Å². The van der Waals surface area contributed by atoms with Crippen molar-refractivity contribution in [1.82, 2.24) is 8.75 Å². The molecule has 6 heteroatoms. The van der Waals surface area contributed by atoms with E-state index in [0.29, 0.717) is 29.6 Å². The Bertz CT molecular complexity index is 3200. The fraction of sp³-hybridized carbons (Fsp3) is 0.632. The molecule has 446 valence electrons. The Kier molecular flexibility index (Phi) is 21.2. The molecule has 2 nitrogen and oxygen atoms in total. The summed E-state index contributed by atoms with van der Waals surface area (Å²) in [6.45, 7) is 34.2. The van der Waals surface area contributed by atoms with Crippen LogP contribution in [0.1, 0.15) is 290 Å². The Morgan fingerprint density at radius 3 is 1.33 bits per heavy atom. The second-order valence-electron chi connectivity index (χ2n) is 27.4. The highest BCUT2D eigenvalue weighted by Gasteiger charge is 2.51. The molecule has 7 atom stereocenters. The van der Waals surface area contributed by atoms with E-state index in [0.717, 1.165) is 23.9 Å². The van der Waals surface area contributed by atoms with Crippen molar-refractivity contribution in [2.75, 3.05) is 0 Å². The number of aromatic nitrogens is 2. The number of fused-ring (bicyclic) bond motifs is 9. The minimum absolute atomic E-state index is 0.0397. The maximum absolute atomic E-state index is 5.07. The molecule has 0 saturated heterocycles. The zero-order chi connectivity index (χ0) is 58.6. The lowest BCUT2D eigenvalue weighted by Crippen LogP contribution is -2.32. The van der Waals surface area contributed by atoms with E-state index in [1.54, 1.807) is 43.8 Å². The highest BCUT2D eigenvalue weighted by molar-refractivity contribution is 7.22. The van der Waals surface area contributed by atoms with Crippen molar-refractivity contribution in [3.8, 4) is 32.7 Å². The standard InChI is InChI=1S/C76H109N2PS3/c1-15-26-30-51(21-7)46-75(47-52(22-8)31-27-16-2)63-38-55-40-69(57-34-35-62(73(14,79)36-19-5)72-71(57)77-82-78-72)80-67(55)44-60(63)58-42-66-59(43-65(58)75)61-45-68-56(41-70(81-68)74(25-11,37-20-6)50(12)13)39-64(61)76(66,48-53(23-9)32-28-17-3)49-54(24-10)33-29-18-4/h34-35,38-45,50-54H,15-33,36-37,46-49,79H2,1-14H3. The SMILES string of the molecule is CCCCC(CC)CC1(CC(CC)CCCC)c2cc3c(cc2-c2cc4sc(-c5ccc(C(C)(P)CCC)c6nsnc56)cc4cc21)C(CC(CC)CCCC)(CC(CC)CCCC)c1cc2cc(C(CC)(CCC)C(C)C)sc2cc1-3. The molecule has 0 N–H and O–H groups in total. The van der Waals surface area contributed by atoms with Gasteiger partial charge in [0.1, 0.15) is 11.0 Å². The summed E-state index contributed by atoms with van der Waals surface area (Å²) in [5, 5.41) is 2.87. The van der Waals surface area contributed by atoms with E-state index < -0.39 is 0 Å². The lowest BCUT2D eigenvalue weighted by molar-refractivity contribution is 0.264. The first kappa shape index (κ1) is 63.5. The average Bonchev–Trinajstić information content (AvgIpc) is 1.74. The number of thiophene rings is 2. The molecule has 0 bridgehead atoms. The summed E-state index contributed by atoms with van der Waals surface area (Å²) in [5.41, 5.74) is 17.7. The molecular weight excluding hydrogens is 1070 g/mol. The van der Waals surface area contributed by atoms with Gasteiger partial charge in [-0.2, -0.15) is 8.75 Å². The number of unbranched alkanes of at least 4 members (excludes halogenated alkanes) is 4. The molecule has 0 saturated carbocycles. The van der Waals surface area contributed by atoms with Gasteiger partial charge in [0.2, 0.25) is 0 Å². The van der Waals surface area contributed by atoms with Gasteiger partial charge >= 0.3 is 0 Å². The fourth-order valence-corrected chi connectivity index (χ4v) is 20.5. The van der Waals surface area contributed by atoms with Gasteiger partial charge in [-0.15, -0.1) is 31.9 Å². The molecule has 7 aromatic rings. The Hall–Kier alpha value is -2.95. The van der Waals surface area contributed by atoms with Gasteiger partial charge < -0.3 is 0 Å². The van der Waals surface area contributed by atoms with Crippen LogP contribution in [0.25, 0.3) is 63.9 Å². The summed E-state index contributed by atoms with van der Waals surface area (Å²) < 4.78 is 13.0. The summed E-state index contributed by atoms with van der Waals surface area (Å²) in [6, 6.07) is 26.9. The summed E-state index contributed by atoms with van der Waals surface area (Å²) >= 11 is 5.52. The smallest absolute Gasteiger partial charge is 0.113 e. The number of rotatable bonds is 33. The Labute approximate surface area is 514 Å². The maximum atomic E-state index is 5.07. The van der Waals surface area contributed by atoms with E-state index in [4.69, 9.17) is 8.75 Å². The third-order valence-electron chi connectivity index (χ3n) is 21.8. The summed E-state index contributed by atoms with van der Waals surface area (Å²) in [6.07, 6.45) is 31.4. The van der Waals surface area contributed by atoms with E-state index in [1.807, 2.05) is 11.3 Å². The van der Waals surface area contributed by atoms with E-state index in [2.05, 4.69) is 178 Å². The van der Waals surface area contributed by atoms with Crippen molar-refractivity contribution < 1.29 is 0 Å². The molecule has 0 fully saturated rings. The van der Waals surface area contributed by atoms with Crippen LogP contribution in [0, 0.1) is 29.6 Å². The highest BCUT2D eigenvalue weighted by atomic mass is 32.1. The molecule has 82 heavy (non-hydrogen) atoms. The van der Waals surface area contributed by atoms with Crippen LogP contribution in [0.2, 0.25) is 0 Å². The van der Waals surface area contributed by atoms with Crippen LogP contribution in [0.4, 0.5) is 0 Å². The van der Waals surface area contributed by atoms with Crippen LogP contribution in [0.5, 0.6) is 0 Å². The second-order valence-corrected chi connectivity index (χ2v) is 31.4. The molecular formula is C76H109N2PS3. The van der Waals surface area contributed by atoms with Crippen molar-refractivity contribution in [3.63, 3.8) is 0 Å². The van der Waals surface area contributed by atoms with E-state index >= 15 is 0 Å². The molecule has 2 aliphatic carbocycles. The number of nitrogens with zero attached hydrogens (tertiary/aromatic N) is 2. The van der Waals surface area contributed by atoms with Crippen molar-refractivity contribution >= 4 is 74.8 Å². The van der Waals surface area contributed by atoms with Gasteiger partial charge in [0, 0.05) is 46.1 Å². The molecule has 4 aromatic carbocycles. The number of hydrogen-bond donors (Lipinski definition) is 0. The highest BCUT2D eigenvalue weighted by Crippen LogP contribution is 2.64. The van der Waals surface area contributed by atoms with Crippen molar-refractivity contribution in [2.24, 2.45) is 29.6 Å². The van der Waals surface area contributed by atoms with Crippen LogP contribution >= 0.6 is 43.6 Å². The van der Waals surface area contributed by atoms with Gasteiger partial charge in [0.05, 0.1) is 11.7 Å². The molecule has 7 unspecified atom stereocenters. The van der Waals surface area contributed by atoms with E-state index in [9.17, 15) is 0 Å². The van der Waals surface area contributed by atoms with Gasteiger partial charge in [-0.05, 0) is 184 Å². The van der Waals surface area contributed by atoms with E-state index in [1.165, 1.54) is 201 Å². The van der Waals surface area contributed by atoms with Crippen molar-refractivity contribution in [3.05, 3.63) is 93.4 Å². The lowest BCUT2D eigenvalue weighted by atomic mass is 9.63. The first-order chi connectivity index (χ1) is 39.6. The largest absolute Gasteiger partial charge is 0.173 e. The second kappa shape index (κ2) is 27.4.